The van der Waals surface area contributed by atoms with Gasteiger partial charge in [-0.2, -0.15) is 0 Å². The van der Waals surface area contributed by atoms with E-state index < -0.39 is 0 Å². The highest BCUT2D eigenvalue weighted by Crippen LogP contribution is 2.64. The van der Waals surface area contributed by atoms with Crippen LogP contribution in [0.1, 0.15) is 78.6 Å². The molecule has 3 saturated carbocycles. The number of allylic oxidation sites excluding steroid dienone is 1. The third kappa shape index (κ3) is 2.39. The first-order valence-corrected chi connectivity index (χ1v) is 9.79. The maximum atomic E-state index is 11.3. The van der Waals surface area contributed by atoms with E-state index in [1.165, 1.54) is 44.9 Å². The van der Waals surface area contributed by atoms with Gasteiger partial charge in [0.1, 0.15) is 6.10 Å². The molecule has 0 aromatic heterocycles. The predicted octanol–water partition coefficient (Wildman–Crippen LogP) is 5.27. The Morgan fingerprint density at radius 1 is 1.13 bits per heavy atom. The van der Waals surface area contributed by atoms with Crippen molar-refractivity contribution in [2.75, 3.05) is 0 Å². The zero-order valence-corrected chi connectivity index (χ0v) is 15.1. The molecule has 4 rings (SSSR count). The van der Waals surface area contributed by atoms with Crippen molar-refractivity contribution < 1.29 is 9.53 Å². The summed E-state index contributed by atoms with van der Waals surface area (Å²) in [7, 11) is 0. The van der Waals surface area contributed by atoms with Crippen LogP contribution in [0.2, 0.25) is 0 Å². The third-order valence-corrected chi connectivity index (χ3v) is 8.17. The highest BCUT2D eigenvalue weighted by molar-refractivity contribution is 5.66. The van der Waals surface area contributed by atoms with Crippen LogP contribution in [0, 0.1) is 28.6 Å². The van der Waals surface area contributed by atoms with E-state index in [-0.39, 0.29) is 12.1 Å². The van der Waals surface area contributed by atoms with Gasteiger partial charge in [-0.3, -0.25) is 4.79 Å². The summed E-state index contributed by atoms with van der Waals surface area (Å²) in [6.07, 6.45) is 14.5. The molecule has 6 atom stereocenters. The van der Waals surface area contributed by atoms with Crippen LogP contribution in [0.4, 0.5) is 0 Å². The summed E-state index contributed by atoms with van der Waals surface area (Å²) in [5.74, 6) is 2.63. The molecule has 4 aliphatic carbocycles. The van der Waals surface area contributed by atoms with Crippen LogP contribution >= 0.6 is 0 Å². The van der Waals surface area contributed by atoms with Crippen LogP contribution in [0.3, 0.4) is 0 Å². The predicted molar refractivity (Wildman–Crippen MR) is 91.9 cm³/mol. The Hall–Kier alpha value is -0.790. The average molecular weight is 316 g/mol. The van der Waals surface area contributed by atoms with E-state index >= 15 is 0 Å². The smallest absolute Gasteiger partial charge is 0.302 e. The number of hydrogen-bond acceptors (Lipinski definition) is 2. The lowest BCUT2D eigenvalue weighted by Crippen LogP contribution is -2.49. The van der Waals surface area contributed by atoms with Gasteiger partial charge in [0.15, 0.2) is 0 Å². The second-order valence-electron chi connectivity index (χ2n) is 9.32. The van der Waals surface area contributed by atoms with Crippen LogP contribution < -0.4 is 0 Å². The lowest BCUT2D eigenvalue weighted by Gasteiger charge is -2.57. The van der Waals surface area contributed by atoms with Crippen molar-refractivity contribution in [3.63, 3.8) is 0 Å². The van der Waals surface area contributed by atoms with E-state index in [1.54, 1.807) is 12.5 Å². The van der Waals surface area contributed by atoms with Gasteiger partial charge in [-0.15, -0.1) is 0 Å². The van der Waals surface area contributed by atoms with Crippen molar-refractivity contribution in [1.29, 1.82) is 0 Å². The standard InChI is InChI=1S/C21H32O2/c1-14(22)23-16-8-12-21(3)15(13-16)6-7-17-18-5-4-10-20(18,2)11-9-19(17)21/h6,16-19H,4-5,7-13H2,1-3H3/t16-,17+,18+,19+,20-,21-/m0/s1. The van der Waals surface area contributed by atoms with Crippen LogP contribution in [0.5, 0.6) is 0 Å². The first-order chi connectivity index (χ1) is 10.9. The number of carbonyl (C=O) groups excluding carboxylic acids is 1. The van der Waals surface area contributed by atoms with Crippen molar-refractivity contribution in [1.82, 2.24) is 0 Å². The highest BCUT2D eigenvalue weighted by atomic mass is 16.5. The van der Waals surface area contributed by atoms with E-state index in [0.717, 1.165) is 30.6 Å². The van der Waals surface area contributed by atoms with Crippen LogP contribution in [-0.2, 0) is 9.53 Å². The molecule has 0 amide bonds. The Bertz CT molecular complexity index is 536. The fraction of sp³-hybridized carbons (Fsp3) is 0.857. The highest BCUT2D eigenvalue weighted by Gasteiger charge is 2.55. The molecular formula is C21H32O2. The minimum Gasteiger partial charge on any atom is -0.462 e. The first kappa shape index (κ1) is 15.7. The zero-order chi connectivity index (χ0) is 16.2. The summed E-state index contributed by atoms with van der Waals surface area (Å²) in [5, 5.41) is 0. The van der Waals surface area contributed by atoms with E-state index in [4.69, 9.17) is 4.74 Å². The normalized spacial score (nSPS) is 48.7. The molecule has 0 spiro atoms. The van der Waals surface area contributed by atoms with Crippen molar-refractivity contribution in [3.05, 3.63) is 11.6 Å². The molecule has 0 aromatic carbocycles. The van der Waals surface area contributed by atoms with Crippen LogP contribution in [0.15, 0.2) is 11.6 Å². The molecule has 0 N–H and O–H groups in total. The summed E-state index contributed by atoms with van der Waals surface area (Å²) in [5.41, 5.74) is 2.62. The first-order valence-electron chi connectivity index (χ1n) is 9.79. The van der Waals surface area contributed by atoms with Gasteiger partial charge in [0.25, 0.3) is 0 Å². The maximum absolute atomic E-state index is 11.3. The Morgan fingerprint density at radius 3 is 2.74 bits per heavy atom. The average Bonchev–Trinajstić information content (AvgIpc) is 2.89. The lowest BCUT2D eigenvalue weighted by atomic mass is 9.48. The summed E-state index contributed by atoms with van der Waals surface area (Å²) in [6.45, 7) is 6.64. The minimum atomic E-state index is -0.118. The van der Waals surface area contributed by atoms with Gasteiger partial charge in [-0.05, 0) is 73.5 Å². The van der Waals surface area contributed by atoms with Crippen molar-refractivity contribution in [3.8, 4) is 0 Å². The molecule has 0 radical (unpaired) electrons. The Morgan fingerprint density at radius 2 is 1.96 bits per heavy atom. The second kappa shape index (κ2) is 5.36. The third-order valence-electron chi connectivity index (χ3n) is 8.17. The molecular weight excluding hydrogens is 284 g/mol. The zero-order valence-electron chi connectivity index (χ0n) is 15.1. The maximum Gasteiger partial charge on any atom is 0.302 e. The Labute approximate surface area is 141 Å². The number of fused-ring (bicyclic) bond motifs is 5. The van der Waals surface area contributed by atoms with Crippen LogP contribution in [-0.4, -0.2) is 12.1 Å². The molecule has 2 nitrogen and oxygen atoms in total. The molecule has 0 heterocycles. The van der Waals surface area contributed by atoms with Gasteiger partial charge in [0.05, 0.1) is 0 Å². The molecule has 0 aliphatic heterocycles. The van der Waals surface area contributed by atoms with Gasteiger partial charge >= 0.3 is 5.97 Å². The van der Waals surface area contributed by atoms with Crippen LogP contribution in [0.25, 0.3) is 0 Å². The van der Waals surface area contributed by atoms with Gasteiger partial charge in [-0.25, -0.2) is 0 Å². The number of carbonyl (C=O) groups is 1. The molecule has 0 aromatic rings. The quantitative estimate of drug-likeness (QED) is 0.486. The Balaban J connectivity index is 1.58. The lowest BCUT2D eigenvalue weighted by molar-refractivity contribution is -0.148. The number of rotatable bonds is 1. The number of ether oxygens (including phenoxy) is 1. The molecule has 3 fully saturated rings. The van der Waals surface area contributed by atoms with Crippen molar-refractivity contribution in [2.45, 2.75) is 84.7 Å². The van der Waals surface area contributed by atoms with Gasteiger partial charge in [0, 0.05) is 13.3 Å². The number of esters is 1. The van der Waals surface area contributed by atoms with Gasteiger partial charge in [0.2, 0.25) is 0 Å². The molecule has 0 bridgehead atoms. The summed E-state index contributed by atoms with van der Waals surface area (Å²) < 4.78 is 5.53. The fourth-order valence-electron chi connectivity index (χ4n) is 6.96. The molecule has 2 heteroatoms. The summed E-state index contributed by atoms with van der Waals surface area (Å²) in [4.78, 5) is 11.3. The number of hydrogen-bond donors (Lipinski definition) is 0. The molecule has 128 valence electrons. The summed E-state index contributed by atoms with van der Waals surface area (Å²) in [6, 6.07) is 0. The molecule has 0 unspecified atom stereocenters. The topological polar surface area (TPSA) is 26.3 Å². The van der Waals surface area contributed by atoms with Crippen molar-refractivity contribution in [2.24, 2.45) is 28.6 Å². The minimum absolute atomic E-state index is 0.118. The Kier molecular flexibility index (Phi) is 3.66. The van der Waals surface area contributed by atoms with Crippen molar-refractivity contribution >= 4 is 5.97 Å². The van der Waals surface area contributed by atoms with Gasteiger partial charge in [-0.1, -0.05) is 31.9 Å². The fourth-order valence-corrected chi connectivity index (χ4v) is 6.96. The largest absolute Gasteiger partial charge is 0.462 e. The van der Waals surface area contributed by atoms with E-state index in [0.29, 0.717) is 10.8 Å². The van der Waals surface area contributed by atoms with E-state index in [2.05, 4.69) is 19.9 Å². The van der Waals surface area contributed by atoms with E-state index in [1.807, 2.05) is 0 Å². The van der Waals surface area contributed by atoms with Gasteiger partial charge < -0.3 is 4.74 Å². The SMILES string of the molecule is CC(=O)O[C@H]1CC[C@@]2(C)C(=CC[C@@H]3[C@H]4CCC[C@@]4(C)CC[C@H]32)C1. The molecule has 23 heavy (non-hydrogen) atoms. The summed E-state index contributed by atoms with van der Waals surface area (Å²) >= 11 is 0. The molecule has 4 aliphatic rings. The van der Waals surface area contributed by atoms with E-state index in [9.17, 15) is 4.79 Å². The molecule has 0 saturated heterocycles. The second-order valence-corrected chi connectivity index (χ2v) is 9.32. The monoisotopic (exact) mass is 316 g/mol.